The third kappa shape index (κ3) is 4.98. The highest BCUT2D eigenvalue weighted by Crippen LogP contribution is 1.97. The Balaban J connectivity index is 4.02. The molecule has 0 fully saturated rings. The molecule has 0 aromatic rings. The maximum absolute atomic E-state index is 8.14. The van der Waals surface area contributed by atoms with Crippen molar-refractivity contribution in [3.63, 3.8) is 0 Å². The van der Waals surface area contributed by atoms with E-state index in [2.05, 4.69) is 11.3 Å². The van der Waals surface area contributed by atoms with Crippen LogP contribution in [-0.2, 0) is 4.74 Å². The van der Waals surface area contributed by atoms with Gasteiger partial charge in [-0.15, -0.1) is 5.26 Å². The average molecular weight is 149 g/mol. The minimum absolute atomic E-state index is 0.470. The first-order chi connectivity index (χ1) is 5.35. The number of nitrogens with zero attached hydrogens (tertiary/aromatic N) is 1. The van der Waals surface area contributed by atoms with Crippen LogP contribution in [0.15, 0.2) is 36.6 Å². The van der Waals surface area contributed by atoms with Crippen LogP contribution in [0.3, 0.4) is 0 Å². The SMILES string of the molecule is C=C/C(=C\C=C/CC)OC#N. The predicted octanol–water partition coefficient (Wildman–Crippen LogP) is 2.52. The van der Waals surface area contributed by atoms with Gasteiger partial charge in [0.05, 0.1) is 0 Å². The van der Waals surface area contributed by atoms with Gasteiger partial charge in [-0.2, -0.15) is 0 Å². The van der Waals surface area contributed by atoms with E-state index in [-0.39, 0.29) is 0 Å². The zero-order valence-electron chi connectivity index (χ0n) is 6.58. The summed E-state index contributed by atoms with van der Waals surface area (Å²) < 4.78 is 4.54. The summed E-state index contributed by atoms with van der Waals surface area (Å²) in [5, 5.41) is 8.14. The van der Waals surface area contributed by atoms with Crippen LogP contribution in [0.25, 0.3) is 0 Å². The standard InChI is InChI=1S/C9H11NO/c1-3-5-6-7-9(4-2)11-8-10/h4-7H,2-3H2,1H3/b6-5-,9-7+. The number of allylic oxidation sites excluding steroid dienone is 4. The summed E-state index contributed by atoms with van der Waals surface area (Å²) in [5.74, 6) is 0.470. The lowest BCUT2D eigenvalue weighted by atomic mass is 10.3. The fourth-order valence-electron chi connectivity index (χ4n) is 0.495. The van der Waals surface area contributed by atoms with Crippen LogP contribution in [0.1, 0.15) is 13.3 Å². The zero-order valence-corrected chi connectivity index (χ0v) is 6.58. The Morgan fingerprint density at radius 2 is 2.45 bits per heavy atom. The maximum atomic E-state index is 8.14. The van der Waals surface area contributed by atoms with Gasteiger partial charge in [0.25, 0.3) is 6.26 Å². The van der Waals surface area contributed by atoms with E-state index < -0.39 is 0 Å². The topological polar surface area (TPSA) is 33.0 Å². The molecule has 0 bridgehead atoms. The second kappa shape index (κ2) is 6.63. The second-order valence-electron chi connectivity index (χ2n) is 1.80. The third-order valence-electron chi connectivity index (χ3n) is 0.997. The van der Waals surface area contributed by atoms with Crippen LogP contribution >= 0.6 is 0 Å². The molecule has 0 saturated heterocycles. The van der Waals surface area contributed by atoms with Crippen molar-refractivity contribution in [3.05, 3.63) is 36.6 Å². The van der Waals surface area contributed by atoms with E-state index >= 15 is 0 Å². The van der Waals surface area contributed by atoms with Crippen LogP contribution in [-0.4, -0.2) is 0 Å². The molecule has 0 aliphatic carbocycles. The number of hydrogen-bond acceptors (Lipinski definition) is 2. The number of rotatable bonds is 4. The Morgan fingerprint density at radius 3 is 2.91 bits per heavy atom. The van der Waals surface area contributed by atoms with E-state index in [0.717, 1.165) is 6.42 Å². The molecule has 2 nitrogen and oxygen atoms in total. The molecule has 2 heteroatoms. The maximum Gasteiger partial charge on any atom is 0.292 e. The molecule has 0 radical (unpaired) electrons. The number of nitriles is 1. The average Bonchev–Trinajstić information content (AvgIpc) is 2.03. The normalized spacial score (nSPS) is 11.1. The molecule has 0 aliphatic heterocycles. The monoisotopic (exact) mass is 149 g/mol. The quantitative estimate of drug-likeness (QED) is 0.349. The molecule has 11 heavy (non-hydrogen) atoms. The van der Waals surface area contributed by atoms with Crippen molar-refractivity contribution < 1.29 is 4.74 Å². The van der Waals surface area contributed by atoms with E-state index in [4.69, 9.17) is 5.26 Å². The van der Waals surface area contributed by atoms with Gasteiger partial charge in [0.2, 0.25) is 0 Å². The molecule has 0 atom stereocenters. The first-order valence-electron chi connectivity index (χ1n) is 3.40. The Labute approximate surface area is 67.1 Å². The summed E-state index contributed by atoms with van der Waals surface area (Å²) >= 11 is 0. The summed E-state index contributed by atoms with van der Waals surface area (Å²) in [4.78, 5) is 0. The van der Waals surface area contributed by atoms with E-state index in [9.17, 15) is 0 Å². The van der Waals surface area contributed by atoms with Gasteiger partial charge in [-0.05, 0) is 18.6 Å². The highest BCUT2D eigenvalue weighted by Gasteiger charge is 1.85. The van der Waals surface area contributed by atoms with Crippen LogP contribution in [0, 0.1) is 11.5 Å². The van der Waals surface area contributed by atoms with Gasteiger partial charge in [-0.25, -0.2) is 0 Å². The lowest BCUT2D eigenvalue weighted by Crippen LogP contribution is -1.77. The molecule has 0 aromatic carbocycles. The summed E-state index contributed by atoms with van der Waals surface area (Å²) in [6, 6.07) is 0. The summed E-state index contributed by atoms with van der Waals surface area (Å²) in [5.41, 5.74) is 0. The van der Waals surface area contributed by atoms with Gasteiger partial charge in [-0.3, -0.25) is 0 Å². The molecule has 0 heterocycles. The van der Waals surface area contributed by atoms with Crippen molar-refractivity contribution in [2.24, 2.45) is 0 Å². The molecule has 0 spiro atoms. The van der Waals surface area contributed by atoms with Crippen molar-refractivity contribution in [2.75, 3.05) is 0 Å². The van der Waals surface area contributed by atoms with E-state index in [0.29, 0.717) is 5.76 Å². The van der Waals surface area contributed by atoms with E-state index in [1.165, 1.54) is 6.08 Å². The molecule has 0 aromatic heterocycles. The largest absolute Gasteiger partial charge is 0.388 e. The van der Waals surface area contributed by atoms with Crippen LogP contribution in [0.4, 0.5) is 0 Å². The highest BCUT2D eigenvalue weighted by molar-refractivity contribution is 5.17. The first-order valence-corrected chi connectivity index (χ1v) is 3.40. The first kappa shape index (κ1) is 9.51. The second-order valence-corrected chi connectivity index (χ2v) is 1.80. The molecule has 0 aliphatic rings. The minimum atomic E-state index is 0.470. The highest BCUT2D eigenvalue weighted by atomic mass is 16.5. The fourth-order valence-corrected chi connectivity index (χ4v) is 0.495. The summed E-state index contributed by atoms with van der Waals surface area (Å²) in [7, 11) is 0. The van der Waals surface area contributed by atoms with Crippen LogP contribution < -0.4 is 0 Å². The third-order valence-corrected chi connectivity index (χ3v) is 0.997. The van der Waals surface area contributed by atoms with Crippen molar-refractivity contribution >= 4 is 0 Å². The van der Waals surface area contributed by atoms with Crippen molar-refractivity contribution in [3.8, 4) is 6.26 Å². The molecule has 0 amide bonds. The summed E-state index contributed by atoms with van der Waals surface area (Å²) in [6.07, 6.45) is 9.51. The van der Waals surface area contributed by atoms with E-state index in [1.54, 1.807) is 12.3 Å². The van der Waals surface area contributed by atoms with Gasteiger partial charge in [0.15, 0.2) is 0 Å². The van der Waals surface area contributed by atoms with Gasteiger partial charge >= 0.3 is 0 Å². The van der Waals surface area contributed by atoms with Gasteiger partial charge in [0.1, 0.15) is 5.76 Å². The van der Waals surface area contributed by atoms with Gasteiger partial charge in [0, 0.05) is 0 Å². The van der Waals surface area contributed by atoms with Crippen molar-refractivity contribution in [2.45, 2.75) is 13.3 Å². The smallest absolute Gasteiger partial charge is 0.292 e. The molecule has 0 unspecified atom stereocenters. The van der Waals surface area contributed by atoms with Gasteiger partial charge < -0.3 is 4.74 Å². The molecular formula is C9H11NO. The number of hydrogen-bond donors (Lipinski definition) is 0. The Morgan fingerprint density at radius 1 is 1.73 bits per heavy atom. The molecular weight excluding hydrogens is 138 g/mol. The minimum Gasteiger partial charge on any atom is -0.388 e. The van der Waals surface area contributed by atoms with Crippen molar-refractivity contribution in [1.29, 1.82) is 5.26 Å². The van der Waals surface area contributed by atoms with Crippen LogP contribution in [0.2, 0.25) is 0 Å². The Kier molecular flexibility index (Phi) is 5.73. The zero-order chi connectivity index (χ0) is 8.53. The molecule has 0 N–H and O–H groups in total. The van der Waals surface area contributed by atoms with Crippen molar-refractivity contribution in [1.82, 2.24) is 0 Å². The molecule has 58 valence electrons. The molecule has 0 saturated carbocycles. The summed E-state index contributed by atoms with van der Waals surface area (Å²) in [6.45, 7) is 5.51. The van der Waals surface area contributed by atoms with Crippen LogP contribution in [0.5, 0.6) is 0 Å². The van der Waals surface area contributed by atoms with E-state index in [1.807, 2.05) is 19.1 Å². The lowest BCUT2D eigenvalue weighted by Gasteiger charge is -1.90. The Hall–Kier alpha value is -1.49. The Bertz CT molecular complexity index is 208. The number of ether oxygens (including phenoxy) is 1. The lowest BCUT2D eigenvalue weighted by molar-refractivity contribution is 0.393. The predicted molar refractivity (Wildman–Crippen MR) is 44.4 cm³/mol. The molecule has 0 rings (SSSR count). The van der Waals surface area contributed by atoms with Gasteiger partial charge in [-0.1, -0.05) is 25.7 Å². The fraction of sp³-hybridized carbons (Fsp3) is 0.222.